The van der Waals surface area contributed by atoms with Gasteiger partial charge in [-0.1, -0.05) is 13.8 Å². The maximum Gasteiger partial charge on any atom is 0.304 e. The van der Waals surface area contributed by atoms with Crippen LogP contribution in [-0.2, 0) is 15.0 Å². The average Bonchev–Trinajstić information content (AvgIpc) is 2.75. The Morgan fingerprint density at radius 1 is 1.25 bits per heavy atom. The molecule has 0 aromatic carbocycles. The lowest BCUT2D eigenvalue weighted by Crippen LogP contribution is -2.51. The zero-order valence-corrected chi connectivity index (χ0v) is 13.0. The standard InChI is InChI=1S/C13H24N2O4S/c1-10-6-11(2)9-14(8-10)20(18,19)15-5-3-4-12(15)7-13(16)17/h10-12H,3-9H2,1-2H3,(H,16,17). The minimum absolute atomic E-state index is 0.0990. The van der Waals surface area contributed by atoms with Gasteiger partial charge in [-0.25, -0.2) is 0 Å². The molecular weight excluding hydrogens is 280 g/mol. The van der Waals surface area contributed by atoms with Gasteiger partial charge in [0.2, 0.25) is 0 Å². The number of hydrogen-bond acceptors (Lipinski definition) is 3. The van der Waals surface area contributed by atoms with E-state index in [0.717, 1.165) is 12.8 Å². The van der Waals surface area contributed by atoms with Crippen LogP contribution in [0.5, 0.6) is 0 Å². The van der Waals surface area contributed by atoms with Gasteiger partial charge in [0.25, 0.3) is 10.2 Å². The van der Waals surface area contributed by atoms with Crippen molar-refractivity contribution in [2.75, 3.05) is 19.6 Å². The number of hydrogen-bond donors (Lipinski definition) is 1. The highest BCUT2D eigenvalue weighted by Gasteiger charge is 2.40. The number of carboxylic acids is 1. The van der Waals surface area contributed by atoms with E-state index >= 15 is 0 Å². The van der Waals surface area contributed by atoms with E-state index in [1.165, 1.54) is 4.31 Å². The lowest BCUT2D eigenvalue weighted by molar-refractivity contribution is -0.137. The van der Waals surface area contributed by atoms with Gasteiger partial charge in [0, 0.05) is 25.7 Å². The fraction of sp³-hybridized carbons (Fsp3) is 0.923. The molecule has 2 fully saturated rings. The van der Waals surface area contributed by atoms with Crippen molar-refractivity contribution >= 4 is 16.2 Å². The molecule has 0 radical (unpaired) electrons. The highest BCUT2D eigenvalue weighted by atomic mass is 32.2. The van der Waals surface area contributed by atoms with E-state index in [1.54, 1.807) is 4.31 Å². The molecule has 0 saturated carbocycles. The largest absolute Gasteiger partial charge is 0.481 e. The van der Waals surface area contributed by atoms with Gasteiger partial charge >= 0.3 is 5.97 Å². The second kappa shape index (κ2) is 5.99. The highest BCUT2D eigenvalue weighted by molar-refractivity contribution is 7.86. The van der Waals surface area contributed by atoms with E-state index in [4.69, 9.17) is 5.11 Å². The zero-order chi connectivity index (χ0) is 14.9. The van der Waals surface area contributed by atoms with Gasteiger partial charge in [-0.05, 0) is 31.1 Å². The van der Waals surface area contributed by atoms with E-state index < -0.39 is 16.2 Å². The summed E-state index contributed by atoms with van der Waals surface area (Å²) < 4.78 is 28.4. The van der Waals surface area contributed by atoms with Gasteiger partial charge in [-0.3, -0.25) is 4.79 Å². The topological polar surface area (TPSA) is 77.9 Å². The molecule has 2 aliphatic rings. The van der Waals surface area contributed by atoms with Gasteiger partial charge in [-0.15, -0.1) is 0 Å². The van der Waals surface area contributed by atoms with Crippen LogP contribution in [0.1, 0.15) is 39.5 Å². The van der Waals surface area contributed by atoms with Crippen molar-refractivity contribution in [3.05, 3.63) is 0 Å². The Balaban J connectivity index is 2.14. The minimum atomic E-state index is -3.52. The molecule has 2 rings (SSSR count). The number of carbonyl (C=O) groups is 1. The summed E-state index contributed by atoms with van der Waals surface area (Å²) in [5, 5.41) is 8.92. The fourth-order valence-corrected chi connectivity index (χ4v) is 5.56. The molecule has 0 amide bonds. The smallest absolute Gasteiger partial charge is 0.304 e. The Kier molecular flexibility index (Phi) is 4.71. The molecule has 3 atom stereocenters. The van der Waals surface area contributed by atoms with Crippen LogP contribution in [0.3, 0.4) is 0 Å². The van der Waals surface area contributed by atoms with Crippen LogP contribution >= 0.6 is 0 Å². The van der Waals surface area contributed by atoms with Crippen LogP contribution in [0.25, 0.3) is 0 Å². The Hall–Kier alpha value is -0.660. The van der Waals surface area contributed by atoms with Crippen LogP contribution in [0.15, 0.2) is 0 Å². The van der Waals surface area contributed by atoms with Crippen LogP contribution < -0.4 is 0 Å². The Morgan fingerprint density at radius 3 is 2.40 bits per heavy atom. The van der Waals surface area contributed by atoms with Gasteiger partial charge in [0.15, 0.2) is 0 Å². The Bertz CT molecular complexity index is 455. The quantitative estimate of drug-likeness (QED) is 0.845. The lowest BCUT2D eigenvalue weighted by atomic mass is 9.94. The van der Waals surface area contributed by atoms with Crippen LogP contribution in [0.2, 0.25) is 0 Å². The molecule has 2 aliphatic heterocycles. The lowest BCUT2D eigenvalue weighted by Gasteiger charge is -2.37. The van der Waals surface area contributed by atoms with Crippen molar-refractivity contribution < 1.29 is 18.3 Å². The molecule has 116 valence electrons. The third kappa shape index (κ3) is 3.32. The molecule has 0 aromatic rings. The molecule has 7 heteroatoms. The molecule has 1 N–H and O–H groups in total. The Morgan fingerprint density at radius 2 is 1.85 bits per heavy atom. The summed E-state index contributed by atoms with van der Waals surface area (Å²) in [6.45, 7) is 5.67. The molecule has 0 aliphatic carbocycles. The van der Waals surface area contributed by atoms with Crippen molar-refractivity contribution in [1.29, 1.82) is 0 Å². The zero-order valence-electron chi connectivity index (χ0n) is 12.2. The first-order valence-corrected chi connectivity index (χ1v) is 8.69. The summed E-state index contributed by atoms with van der Waals surface area (Å²) in [7, 11) is -3.52. The third-order valence-corrected chi connectivity index (χ3v) is 6.22. The molecule has 0 bridgehead atoms. The highest BCUT2D eigenvalue weighted by Crippen LogP contribution is 2.29. The Labute approximate surface area is 120 Å². The number of carboxylic acid groups (broad SMARTS) is 1. The molecule has 2 saturated heterocycles. The number of piperidine rings is 1. The maximum atomic E-state index is 12.7. The summed E-state index contributed by atoms with van der Waals surface area (Å²) in [4.78, 5) is 10.9. The molecule has 20 heavy (non-hydrogen) atoms. The molecule has 0 aromatic heterocycles. The summed E-state index contributed by atoms with van der Waals surface area (Å²) >= 11 is 0. The molecular formula is C13H24N2O4S. The second-order valence-electron chi connectivity index (χ2n) is 6.28. The van der Waals surface area contributed by atoms with Crippen molar-refractivity contribution in [2.24, 2.45) is 11.8 Å². The van der Waals surface area contributed by atoms with Gasteiger partial charge in [-0.2, -0.15) is 17.0 Å². The van der Waals surface area contributed by atoms with Crippen molar-refractivity contribution in [2.45, 2.75) is 45.6 Å². The number of rotatable bonds is 4. The fourth-order valence-electron chi connectivity index (χ4n) is 3.46. The first-order chi connectivity index (χ1) is 9.30. The van der Waals surface area contributed by atoms with Crippen LogP contribution in [0, 0.1) is 11.8 Å². The van der Waals surface area contributed by atoms with E-state index in [1.807, 2.05) is 0 Å². The minimum Gasteiger partial charge on any atom is -0.481 e. The van der Waals surface area contributed by atoms with Crippen molar-refractivity contribution in [3.63, 3.8) is 0 Å². The van der Waals surface area contributed by atoms with Crippen LogP contribution in [0.4, 0.5) is 0 Å². The maximum absolute atomic E-state index is 12.7. The number of aliphatic carboxylic acids is 1. The third-order valence-electron chi connectivity index (χ3n) is 4.19. The predicted octanol–water partition coefficient (Wildman–Crippen LogP) is 1.15. The van der Waals surface area contributed by atoms with Gasteiger partial charge in [0.1, 0.15) is 0 Å². The summed E-state index contributed by atoms with van der Waals surface area (Å²) in [5.41, 5.74) is 0. The summed E-state index contributed by atoms with van der Waals surface area (Å²) in [5.74, 6) is -0.222. The SMILES string of the molecule is CC1CC(C)CN(S(=O)(=O)N2CCCC2CC(=O)O)C1. The normalized spacial score (nSPS) is 33.4. The van der Waals surface area contributed by atoms with E-state index in [2.05, 4.69) is 13.8 Å². The van der Waals surface area contributed by atoms with Crippen molar-refractivity contribution in [1.82, 2.24) is 8.61 Å². The summed E-state index contributed by atoms with van der Waals surface area (Å²) in [6.07, 6.45) is 2.34. The molecule has 2 heterocycles. The molecule has 3 unspecified atom stereocenters. The van der Waals surface area contributed by atoms with Crippen LogP contribution in [-0.4, -0.2) is 53.8 Å². The summed E-state index contributed by atoms with van der Waals surface area (Å²) in [6, 6.07) is -0.384. The van der Waals surface area contributed by atoms with Crippen molar-refractivity contribution in [3.8, 4) is 0 Å². The van der Waals surface area contributed by atoms with E-state index in [-0.39, 0.29) is 12.5 Å². The van der Waals surface area contributed by atoms with E-state index in [0.29, 0.717) is 37.9 Å². The van der Waals surface area contributed by atoms with Gasteiger partial charge in [0.05, 0.1) is 6.42 Å². The first-order valence-electron chi connectivity index (χ1n) is 7.29. The second-order valence-corrected chi connectivity index (χ2v) is 8.16. The van der Waals surface area contributed by atoms with Gasteiger partial charge < -0.3 is 5.11 Å². The monoisotopic (exact) mass is 304 g/mol. The first kappa shape index (κ1) is 15.7. The molecule has 0 spiro atoms. The molecule has 6 nitrogen and oxygen atoms in total. The average molecular weight is 304 g/mol. The van der Waals surface area contributed by atoms with E-state index in [9.17, 15) is 13.2 Å². The predicted molar refractivity (Wildman–Crippen MR) is 75.4 cm³/mol. The number of nitrogens with zero attached hydrogens (tertiary/aromatic N) is 2.